The molecule has 0 amide bonds. The Hall–Kier alpha value is -2.24. The van der Waals surface area contributed by atoms with Crippen LogP contribution in [0.3, 0.4) is 0 Å². The van der Waals surface area contributed by atoms with Crippen molar-refractivity contribution in [3.63, 3.8) is 0 Å². The fourth-order valence-corrected chi connectivity index (χ4v) is 4.01. The topological polar surface area (TPSA) is 35.8 Å². The van der Waals surface area contributed by atoms with E-state index in [2.05, 4.69) is 22.1 Å². The molecule has 0 fully saturated rings. The summed E-state index contributed by atoms with van der Waals surface area (Å²) in [5.41, 5.74) is 4.66. The quantitative estimate of drug-likeness (QED) is 0.679. The Morgan fingerprint density at radius 2 is 1.76 bits per heavy atom. The second-order valence-electron chi connectivity index (χ2n) is 5.62. The van der Waals surface area contributed by atoms with E-state index in [-0.39, 0.29) is 12.4 Å². The first-order chi connectivity index (χ1) is 11.8. The molecule has 1 aromatic heterocycles. The third-order valence-corrected chi connectivity index (χ3v) is 5.13. The van der Waals surface area contributed by atoms with Crippen molar-refractivity contribution in [1.82, 2.24) is 4.57 Å². The van der Waals surface area contributed by atoms with Crippen molar-refractivity contribution in [2.45, 2.75) is 13.0 Å². The molecule has 1 aliphatic rings. The first kappa shape index (κ1) is 17.6. The van der Waals surface area contributed by atoms with Gasteiger partial charge in [-0.05, 0) is 36.2 Å². The summed E-state index contributed by atoms with van der Waals surface area (Å²) in [4.78, 5) is 5.81. The van der Waals surface area contributed by atoms with E-state index in [9.17, 15) is 0 Å². The lowest BCUT2D eigenvalue weighted by atomic mass is 9.98. The van der Waals surface area contributed by atoms with Crippen LogP contribution >= 0.6 is 23.7 Å². The molecule has 0 bridgehead atoms. The molecule has 0 unspecified atom stereocenters. The number of rotatable bonds is 3. The van der Waals surface area contributed by atoms with E-state index < -0.39 is 0 Å². The van der Waals surface area contributed by atoms with Crippen LogP contribution in [0.1, 0.15) is 5.56 Å². The van der Waals surface area contributed by atoms with E-state index in [4.69, 9.17) is 14.5 Å². The van der Waals surface area contributed by atoms with Crippen LogP contribution in [-0.4, -0.2) is 18.8 Å². The van der Waals surface area contributed by atoms with Crippen LogP contribution in [0.25, 0.3) is 11.3 Å². The van der Waals surface area contributed by atoms with Crippen LogP contribution in [0.4, 0.5) is 5.69 Å². The number of ether oxygens (including phenoxy) is 2. The van der Waals surface area contributed by atoms with E-state index in [1.54, 1.807) is 25.6 Å². The number of nitrogens with zero attached hydrogens (tertiary/aromatic N) is 2. The third kappa shape index (κ3) is 3.17. The first-order valence-electron chi connectivity index (χ1n) is 7.83. The maximum atomic E-state index is 5.47. The number of para-hydroxylation sites is 1. The first-order valence-corrected chi connectivity index (χ1v) is 8.71. The van der Waals surface area contributed by atoms with Gasteiger partial charge < -0.3 is 14.0 Å². The van der Waals surface area contributed by atoms with Gasteiger partial charge in [-0.15, -0.1) is 23.7 Å². The van der Waals surface area contributed by atoms with E-state index >= 15 is 0 Å². The molecule has 4 nitrogen and oxygen atoms in total. The van der Waals surface area contributed by atoms with Gasteiger partial charge in [-0.3, -0.25) is 0 Å². The van der Waals surface area contributed by atoms with Crippen molar-refractivity contribution in [3.8, 4) is 22.8 Å². The smallest absolute Gasteiger partial charge is 0.190 e. The van der Waals surface area contributed by atoms with Crippen molar-refractivity contribution < 1.29 is 9.47 Å². The average molecular weight is 375 g/mol. The van der Waals surface area contributed by atoms with Crippen LogP contribution in [0, 0.1) is 0 Å². The minimum absolute atomic E-state index is 0. The summed E-state index contributed by atoms with van der Waals surface area (Å²) < 4.78 is 13.2. The van der Waals surface area contributed by atoms with Crippen molar-refractivity contribution in [1.29, 1.82) is 0 Å². The van der Waals surface area contributed by atoms with Crippen LogP contribution in [0.5, 0.6) is 11.5 Å². The minimum Gasteiger partial charge on any atom is -0.493 e. The van der Waals surface area contributed by atoms with Gasteiger partial charge in [-0.2, -0.15) is 0 Å². The van der Waals surface area contributed by atoms with Gasteiger partial charge in [0.15, 0.2) is 16.3 Å². The van der Waals surface area contributed by atoms with Crippen LogP contribution in [0.15, 0.2) is 52.8 Å². The number of aryl methyl sites for hydroxylation is 1. The average Bonchev–Trinajstić information content (AvgIpc) is 3.04. The summed E-state index contributed by atoms with van der Waals surface area (Å²) in [6, 6.07) is 14.2. The van der Waals surface area contributed by atoms with Gasteiger partial charge >= 0.3 is 0 Å². The van der Waals surface area contributed by atoms with Gasteiger partial charge in [0.25, 0.3) is 0 Å². The van der Waals surface area contributed by atoms with Crippen molar-refractivity contribution in [2.24, 2.45) is 4.99 Å². The number of halogens is 1. The Kier molecular flexibility index (Phi) is 5.16. The number of thiazole rings is 1. The fourth-order valence-electron chi connectivity index (χ4n) is 3.06. The maximum Gasteiger partial charge on any atom is 0.190 e. The number of fused-ring (bicyclic) bond motifs is 3. The maximum absolute atomic E-state index is 5.47. The summed E-state index contributed by atoms with van der Waals surface area (Å²) in [7, 11) is 3.35. The highest BCUT2D eigenvalue weighted by molar-refractivity contribution is 7.07. The van der Waals surface area contributed by atoms with Crippen LogP contribution in [0.2, 0.25) is 0 Å². The van der Waals surface area contributed by atoms with Crippen molar-refractivity contribution >= 4 is 29.4 Å². The molecule has 1 aliphatic heterocycles. The van der Waals surface area contributed by atoms with E-state index in [1.165, 1.54) is 16.8 Å². The van der Waals surface area contributed by atoms with E-state index in [1.807, 2.05) is 30.3 Å². The molecule has 2 aromatic carbocycles. The number of benzene rings is 2. The third-order valence-electron chi connectivity index (χ3n) is 4.27. The predicted octanol–water partition coefficient (Wildman–Crippen LogP) is 4.44. The van der Waals surface area contributed by atoms with Gasteiger partial charge in [-0.1, -0.05) is 18.2 Å². The Bertz CT molecular complexity index is 948. The van der Waals surface area contributed by atoms with Gasteiger partial charge in [0.05, 0.1) is 25.6 Å². The molecule has 2 heterocycles. The van der Waals surface area contributed by atoms with Crippen molar-refractivity contribution in [2.75, 3.05) is 14.2 Å². The number of hydrogen-bond donors (Lipinski definition) is 0. The standard InChI is InChI=1S/C19H18N2O2S.ClH/c1-22-17-10-13-8-9-21-16(15(13)11-18(17)23-2)12-24-19(21)20-14-6-4-3-5-7-14;/h3-7,10-12H,8-9H2,1-2H3;1H. The zero-order valence-corrected chi connectivity index (χ0v) is 15.7. The summed E-state index contributed by atoms with van der Waals surface area (Å²) in [6.07, 6.45) is 0.960. The summed E-state index contributed by atoms with van der Waals surface area (Å²) >= 11 is 1.67. The molecule has 25 heavy (non-hydrogen) atoms. The molecule has 0 saturated carbocycles. The van der Waals surface area contributed by atoms with Gasteiger partial charge in [0.2, 0.25) is 0 Å². The molecular formula is C19H19ClN2O2S. The molecule has 0 N–H and O–H groups in total. The summed E-state index contributed by atoms with van der Waals surface area (Å²) in [5.74, 6) is 1.55. The van der Waals surface area contributed by atoms with Gasteiger partial charge in [0.1, 0.15) is 0 Å². The molecule has 130 valence electrons. The fraction of sp³-hybridized carbons (Fsp3) is 0.211. The van der Waals surface area contributed by atoms with E-state index in [0.29, 0.717) is 0 Å². The van der Waals surface area contributed by atoms with Crippen LogP contribution < -0.4 is 14.3 Å². The largest absolute Gasteiger partial charge is 0.493 e. The highest BCUT2D eigenvalue weighted by Crippen LogP contribution is 2.38. The normalized spacial score (nSPS) is 12.8. The minimum atomic E-state index is 0. The summed E-state index contributed by atoms with van der Waals surface area (Å²) in [6.45, 7) is 0.924. The summed E-state index contributed by atoms with van der Waals surface area (Å²) in [5, 5.41) is 2.17. The van der Waals surface area contributed by atoms with Gasteiger partial charge in [0, 0.05) is 17.5 Å². The van der Waals surface area contributed by atoms with E-state index in [0.717, 1.165) is 35.0 Å². The molecule has 0 spiro atoms. The SMILES string of the molecule is COc1cc2c(cc1OC)-c1csc(=Nc3ccccc3)n1CC2.Cl. The molecule has 3 aromatic rings. The van der Waals surface area contributed by atoms with Crippen LogP contribution in [-0.2, 0) is 13.0 Å². The Labute approximate surface area is 156 Å². The molecule has 0 atom stereocenters. The zero-order valence-electron chi connectivity index (χ0n) is 14.1. The zero-order chi connectivity index (χ0) is 16.5. The molecule has 4 rings (SSSR count). The number of aromatic nitrogens is 1. The van der Waals surface area contributed by atoms with Crippen molar-refractivity contribution in [3.05, 3.63) is 58.2 Å². The second kappa shape index (κ2) is 7.33. The Morgan fingerprint density at radius 1 is 1.04 bits per heavy atom. The molecular weight excluding hydrogens is 356 g/mol. The lowest BCUT2D eigenvalue weighted by Crippen LogP contribution is -2.21. The number of methoxy groups -OCH3 is 2. The molecule has 0 saturated heterocycles. The highest BCUT2D eigenvalue weighted by Gasteiger charge is 2.20. The highest BCUT2D eigenvalue weighted by atomic mass is 35.5. The molecule has 0 aliphatic carbocycles. The lowest BCUT2D eigenvalue weighted by molar-refractivity contribution is 0.354. The Morgan fingerprint density at radius 3 is 2.48 bits per heavy atom. The van der Waals surface area contributed by atoms with Gasteiger partial charge in [-0.25, -0.2) is 4.99 Å². The predicted molar refractivity (Wildman–Crippen MR) is 103 cm³/mol. The second-order valence-corrected chi connectivity index (χ2v) is 6.45. The molecule has 0 radical (unpaired) electrons. The monoisotopic (exact) mass is 374 g/mol. The lowest BCUT2D eigenvalue weighted by Gasteiger charge is -2.21. The molecule has 6 heteroatoms. The Balaban J connectivity index is 0.00000182. The number of hydrogen-bond acceptors (Lipinski definition) is 4.